The van der Waals surface area contributed by atoms with Gasteiger partial charge in [0, 0.05) is 36.9 Å². The van der Waals surface area contributed by atoms with Gasteiger partial charge in [-0.25, -0.2) is 0 Å². The van der Waals surface area contributed by atoms with Gasteiger partial charge < -0.3 is 4.90 Å². The van der Waals surface area contributed by atoms with Crippen LogP contribution in [0.3, 0.4) is 0 Å². The molecule has 0 aliphatic heterocycles. The van der Waals surface area contributed by atoms with Crippen LogP contribution in [0, 0.1) is 0 Å². The summed E-state index contributed by atoms with van der Waals surface area (Å²) in [6, 6.07) is 17.6. The number of pyridine rings is 1. The van der Waals surface area contributed by atoms with Crippen LogP contribution in [-0.2, 0) is 6.54 Å². The van der Waals surface area contributed by atoms with E-state index in [9.17, 15) is 4.79 Å². The highest BCUT2D eigenvalue weighted by atomic mass is 16.2. The van der Waals surface area contributed by atoms with Crippen molar-refractivity contribution in [2.75, 3.05) is 7.05 Å². The third-order valence-electron chi connectivity index (χ3n) is 3.52. The number of rotatable bonds is 3. The van der Waals surface area contributed by atoms with Crippen LogP contribution >= 0.6 is 0 Å². The number of hydrogen-bond donors (Lipinski definition) is 0. The summed E-state index contributed by atoms with van der Waals surface area (Å²) < 4.78 is 0. The van der Waals surface area contributed by atoms with Gasteiger partial charge in [-0.3, -0.25) is 9.78 Å². The third-order valence-corrected chi connectivity index (χ3v) is 3.52. The standard InChI is InChI=1S/C18H16N2O/c1-20(13-14-6-3-2-4-7-14)18(21)17-9-5-8-15-12-19-11-10-16(15)17/h2-12H,13H2,1H3. The molecule has 0 fully saturated rings. The van der Waals surface area contributed by atoms with E-state index in [1.54, 1.807) is 17.3 Å². The summed E-state index contributed by atoms with van der Waals surface area (Å²) in [6.07, 6.45) is 3.50. The summed E-state index contributed by atoms with van der Waals surface area (Å²) in [7, 11) is 1.83. The van der Waals surface area contributed by atoms with Crippen molar-refractivity contribution < 1.29 is 4.79 Å². The average Bonchev–Trinajstić information content (AvgIpc) is 2.54. The van der Waals surface area contributed by atoms with E-state index >= 15 is 0 Å². The summed E-state index contributed by atoms with van der Waals surface area (Å²) in [5.41, 5.74) is 1.84. The Hall–Kier alpha value is -2.68. The lowest BCUT2D eigenvalue weighted by Gasteiger charge is -2.18. The molecule has 0 atom stereocenters. The smallest absolute Gasteiger partial charge is 0.254 e. The molecule has 104 valence electrons. The highest BCUT2D eigenvalue weighted by Gasteiger charge is 2.14. The lowest BCUT2D eigenvalue weighted by molar-refractivity contribution is 0.0787. The Bertz CT molecular complexity index is 763. The molecule has 0 saturated carbocycles. The fourth-order valence-corrected chi connectivity index (χ4v) is 2.44. The van der Waals surface area contributed by atoms with E-state index in [1.807, 2.05) is 61.6 Å². The molecule has 0 aliphatic rings. The topological polar surface area (TPSA) is 33.2 Å². The minimum atomic E-state index is 0.0238. The zero-order chi connectivity index (χ0) is 14.7. The molecular formula is C18H16N2O. The van der Waals surface area contributed by atoms with Gasteiger partial charge in [-0.2, -0.15) is 0 Å². The first kappa shape index (κ1) is 13.3. The van der Waals surface area contributed by atoms with Crippen molar-refractivity contribution in [3.05, 3.63) is 78.1 Å². The number of carbonyl (C=O) groups is 1. The molecule has 0 N–H and O–H groups in total. The predicted octanol–water partition coefficient (Wildman–Crippen LogP) is 3.51. The summed E-state index contributed by atoms with van der Waals surface area (Å²) in [6.45, 7) is 0.598. The van der Waals surface area contributed by atoms with E-state index in [4.69, 9.17) is 0 Å². The molecule has 0 unspecified atom stereocenters. The molecule has 0 bridgehead atoms. The molecule has 0 spiro atoms. The molecule has 3 nitrogen and oxygen atoms in total. The molecule has 0 aliphatic carbocycles. The third kappa shape index (κ3) is 2.77. The van der Waals surface area contributed by atoms with Gasteiger partial charge >= 0.3 is 0 Å². The Balaban J connectivity index is 1.90. The molecule has 1 heterocycles. The molecule has 3 heteroatoms. The average molecular weight is 276 g/mol. The van der Waals surface area contributed by atoms with Crippen molar-refractivity contribution in [2.45, 2.75) is 6.54 Å². The Kier molecular flexibility index (Phi) is 3.65. The molecule has 3 rings (SSSR count). The first-order chi connectivity index (χ1) is 10.3. The summed E-state index contributed by atoms with van der Waals surface area (Å²) >= 11 is 0. The van der Waals surface area contributed by atoms with Crippen LogP contribution in [0.4, 0.5) is 0 Å². The quantitative estimate of drug-likeness (QED) is 0.733. The Morgan fingerprint density at radius 2 is 1.86 bits per heavy atom. The molecule has 0 saturated heterocycles. The number of fused-ring (bicyclic) bond motifs is 1. The number of benzene rings is 2. The Labute approximate surface area is 123 Å². The first-order valence-corrected chi connectivity index (χ1v) is 6.88. The number of amides is 1. The van der Waals surface area contributed by atoms with Gasteiger partial charge in [-0.15, -0.1) is 0 Å². The zero-order valence-corrected chi connectivity index (χ0v) is 11.9. The van der Waals surface area contributed by atoms with E-state index in [2.05, 4.69) is 4.98 Å². The van der Waals surface area contributed by atoms with Crippen LogP contribution in [-0.4, -0.2) is 22.8 Å². The van der Waals surface area contributed by atoms with Gasteiger partial charge in [0.15, 0.2) is 0 Å². The second kappa shape index (κ2) is 5.75. The van der Waals surface area contributed by atoms with Crippen molar-refractivity contribution in [1.29, 1.82) is 0 Å². The second-order valence-electron chi connectivity index (χ2n) is 5.05. The van der Waals surface area contributed by atoms with Crippen LogP contribution in [0.1, 0.15) is 15.9 Å². The zero-order valence-electron chi connectivity index (χ0n) is 11.9. The molecule has 3 aromatic rings. The van der Waals surface area contributed by atoms with E-state index in [-0.39, 0.29) is 5.91 Å². The van der Waals surface area contributed by atoms with Crippen molar-refractivity contribution in [1.82, 2.24) is 9.88 Å². The molecule has 0 radical (unpaired) electrons. The number of aromatic nitrogens is 1. The van der Waals surface area contributed by atoms with Crippen molar-refractivity contribution >= 4 is 16.7 Å². The van der Waals surface area contributed by atoms with Gasteiger partial charge in [0.1, 0.15) is 0 Å². The minimum Gasteiger partial charge on any atom is -0.337 e. The number of hydrogen-bond acceptors (Lipinski definition) is 2. The van der Waals surface area contributed by atoms with Gasteiger partial charge in [0.25, 0.3) is 5.91 Å². The Morgan fingerprint density at radius 1 is 1.05 bits per heavy atom. The number of carbonyl (C=O) groups excluding carboxylic acids is 1. The van der Waals surface area contributed by atoms with Crippen molar-refractivity contribution in [3.8, 4) is 0 Å². The highest BCUT2D eigenvalue weighted by molar-refractivity contribution is 6.06. The number of nitrogens with zero attached hydrogens (tertiary/aromatic N) is 2. The van der Waals surface area contributed by atoms with Gasteiger partial charge in [-0.05, 0) is 23.1 Å². The largest absolute Gasteiger partial charge is 0.337 e. The highest BCUT2D eigenvalue weighted by Crippen LogP contribution is 2.19. The van der Waals surface area contributed by atoms with Crippen molar-refractivity contribution in [3.63, 3.8) is 0 Å². The van der Waals surface area contributed by atoms with E-state index < -0.39 is 0 Å². The van der Waals surface area contributed by atoms with Gasteiger partial charge in [0.2, 0.25) is 0 Å². The van der Waals surface area contributed by atoms with E-state index in [0.717, 1.165) is 16.3 Å². The van der Waals surface area contributed by atoms with E-state index in [0.29, 0.717) is 12.1 Å². The van der Waals surface area contributed by atoms with Crippen LogP contribution in [0.5, 0.6) is 0 Å². The molecule has 1 aromatic heterocycles. The lowest BCUT2D eigenvalue weighted by Crippen LogP contribution is -2.26. The molecular weight excluding hydrogens is 260 g/mol. The molecule has 1 amide bonds. The fourth-order valence-electron chi connectivity index (χ4n) is 2.44. The molecule has 2 aromatic carbocycles. The maximum absolute atomic E-state index is 12.7. The second-order valence-corrected chi connectivity index (χ2v) is 5.05. The summed E-state index contributed by atoms with van der Waals surface area (Å²) in [5, 5.41) is 1.92. The maximum atomic E-state index is 12.7. The van der Waals surface area contributed by atoms with Crippen LogP contribution in [0.15, 0.2) is 67.0 Å². The SMILES string of the molecule is CN(Cc1ccccc1)C(=O)c1cccc2cnccc12. The van der Waals surface area contributed by atoms with Crippen molar-refractivity contribution in [2.24, 2.45) is 0 Å². The Morgan fingerprint density at radius 3 is 2.67 bits per heavy atom. The normalized spacial score (nSPS) is 10.5. The predicted molar refractivity (Wildman–Crippen MR) is 84.0 cm³/mol. The first-order valence-electron chi connectivity index (χ1n) is 6.88. The van der Waals surface area contributed by atoms with Gasteiger partial charge in [0.05, 0.1) is 0 Å². The molecule has 21 heavy (non-hydrogen) atoms. The maximum Gasteiger partial charge on any atom is 0.254 e. The summed E-state index contributed by atoms with van der Waals surface area (Å²) in [4.78, 5) is 18.5. The van der Waals surface area contributed by atoms with Gasteiger partial charge in [-0.1, -0.05) is 42.5 Å². The summed E-state index contributed by atoms with van der Waals surface area (Å²) in [5.74, 6) is 0.0238. The van der Waals surface area contributed by atoms with Crippen LogP contribution in [0.2, 0.25) is 0 Å². The van der Waals surface area contributed by atoms with Crippen LogP contribution in [0.25, 0.3) is 10.8 Å². The van der Waals surface area contributed by atoms with Crippen LogP contribution < -0.4 is 0 Å². The minimum absolute atomic E-state index is 0.0238. The monoisotopic (exact) mass is 276 g/mol. The lowest BCUT2D eigenvalue weighted by atomic mass is 10.1. The van der Waals surface area contributed by atoms with E-state index in [1.165, 1.54) is 0 Å². The fraction of sp³-hybridized carbons (Fsp3) is 0.111.